The van der Waals surface area contributed by atoms with Crippen molar-refractivity contribution in [1.29, 1.82) is 5.26 Å². The highest BCUT2D eigenvalue weighted by Crippen LogP contribution is 2.39. The van der Waals surface area contributed by atoms with Crippen LogP contribution in [0.1, 0.15) is 29.3 Å². The van der Waals surface area contributed by atoms with Crippen molar-refractivity contribution in [3.8, 4) is 6.07 Å². The first-order chi connectivity index (χ1) is 11.6. The number of thiophene rings is 1. The Morgan fingerprint density at radius 1 is 1.46 bits per heavy atom. The number of amides is 1. The van der Waals surface area contributed by atoms with Crippen LogP contribution in [0.25, 0.3) is 0 Å². The minimum Gasteiger partial charge on any atom is -0.399 e. The van der Waals surface area contributed by atoms with E-state index in [1.54, 1.807) is 11.3 Å². The number of nitrogens with two attached hydrogens (primary N) is 1. The zero-order chi connectivity index (χ0) is 17.1. The maximum atomic E-state index is 12.2. The number of nitriles is 1. The molecule has 0 aliphatic heterocycles. The highest BCUT2D eigenvalue weighted by molar-refractivity contribution is 8.00. The van der Waals surface area contributed by atoms with Crippen LogP contribution in [0, 0.1) is 17.2 Å². The first kappa shape index (κ1) is 16.9. The van der Waals surface area contributed by atoms with E-state index in [0.29, 0.717) is 27.9 Å². The molecule has 3 N–H and O–H groups in total. The third kappa shape index (κ3) is 3.74. The SMILES string of the molecule is CC1CCc2c(sc(NC(=O)CSc3ccc(N)cc3)c2C#N)C1. The summed E-state index contributed by atoms with van der Waals surface area (Å²) in [5.74, 6) is 0.876. The maximum absolute atomic E-state index is 12.2. The number of carbonyl (C=O) groups is 1. The fourth-order valence-electron chi connectivity index (χ4n) is 2.83. The monoisotopic (exact) mass is 357 g/mol. The molecule has 0 saturated heterocycles. The third-order valence-electron chi connectivity index (χ3n) is 4.13. The molecule has 0 fully saturated rings. The van der Waals surface area contributed by atoms with Gasteiger partial charge in [0.15, 0.2) is 0 Å². The fraction of sp³-hybridized carbons (Fsp3) is 0.333. The number of nitrogen functional groups attached to an aromatic ring is 1. The van der Waals surface area contributed by atoms with Crippen LogP contribution in [0.5, 0.6) is 0 Å². The standard InChI is InChI=1S/C18H19N3OS2/c1-11-2-7-14-15(9-19)18(24-16(14)8-11)21-17(22)10-23-13-5-3-12(20)4-6-13/h3-6,11H,2,7-8,10,20H2,1H3,(H,21,22). The van der Waals surface area contributed by atoms with Gasteiger partial charge in [-0.1, -0.05) is 6.92 Å². The molecule has 6 heteroatoms. The summed E-state index contributed by atoms with van der Waals surface area (Å²) in [6.45, 7) is 2.23. The molecular weight excluding hydrogens is 338 g/mol. The lowest BCUT2D eigenvalue weighted by Crippen LogP contribution is -2.14. The molecule has 1 amide bonds. The van der Waals surface area contributed by atoms with E-state index < -0.39 is 0 Å². The van der Waals surface area contributed by atoms with Crippen molar-refractivity contribution in [2.24, 2.45) is 5.92 Å². The lowest BCUT2D eigenvalue weighted by atomic mass is 9.89. The first-order valence-corrected chi connectivity index (χ1v) is 9.70. The third-order valence-corrected chi connectivity index (χ3v) is 6.31. The largest absolute Gasteiger partial charge is 0.399 e. The molecule has 124 valence electrons. The second kappa shape index (κ2) is 7.29. The minimum absolute atomic E-state index is 0.0834. The van der Waals surface area contributed by atoms with Gasteiger partial charge >= 0.3 is 0 Å². The van der Waals surface area contributed by atoms with E-state index in [0.717, 1.165) is 29.7 Å². The van der Waals surface area contributed by atoms with E-state index in [4.69, 9.17) is 5.73 Å². The summed E-state index contributed by atoms with van der Waals surface area (Å²) in [6, 6.07) is 9.73. The maximum Gasteiger partial charge on any atom is 0.235 e. The van der Waals surface area contributed by atoms with Crippen molar-refractivity contribution >= 4 is 39.7 Å². The number of fused-ring (bicyclic) bond motifs is 1. The number of nitrogens with one attached hydrogen (secondary N) is 1. The number of thioether (sulfide) groups is 1. The summed E-state index contributed by atoms with van der Waals surface area (Å²) < 4.78 is 0. The zero-order valence-electron chi connectivity index (χ0n) is 13.5. The number of hydrogen-bond donors (Lipinski definition) is 2. The Labute approximate surface area is 150 Å². The summed E-state index contributed by atoms with van der Waals surface area (Å²) in [7, 11) is 0. The van der Waals surface area contributed by atoms with E-state index >= 15 is 0 Å². The highest BCUT2D eigenvalue weighted by Gasteiger charge is 2.24. The Hall–Kier alpha value is -1.97. The van der Waals surface area contributed by atoms with E-state index in [1.807, 2.05) is 24.3 Å². The van der Waals surface area contributed by atoms with Gasteiger partial charge in [0.1, 0.15) is 11.1 Å². The minimum atomic E-state index is -0.0834. The van der Waals surface area contributed by atoms with Crippen LogP contribution >= 0.6 is 23.1 Å². The Bertz CT molecular complexity index is 790. The topological polar surface area (TPSA) is 78.9 Å². The van der Waals surface area contributed by atoms with Gasteiger partial charge in [-0.25, -0.2) is 0 Å². The van der Waals surface area contributed by atoms with E-state index in [9.17, 15) is 10.1 Å². The molecule has 2 aromatic rings. The van der Waals surface area contributed by atoms with Crippen molar-refractivity contribution in [2.45, 2.75) is 31.1 Å². The normalized spacial score (nSPS) is 16.2. The molecule has 24 heavy (non-hydrogen) atoms. The van der Waals surface area contributed by atoms with Crippen molar-refractivity contribution in [3.63, 3.8) is 0 Å². The summed E-state index contributed by atoms with van der Waals surface area (Å²) in [6.07, 6.45) is 3.05. The smallest absolute Gasteiger partial charge is 0.235 e. The molecule has 1 atom stereocenters. The molecule has 3 rings (SSSR count). The Kier molecular flexibility index (Phi) is 5.12. The van der Waals surface area contributed by atoms with Crippen LogP contribution in [0.3, 0.4) is 0 Å². The summed E-state index contributed by atoms with van der Waals surface area (Å²) in [5, 5.41) is 13.1. The van der Waals surface area contributed by atoms with Crippen LogP contribution in [0.2, 0.25) is 0 Å². The lowest BCUT2D eigenvalue weighted by molar-refractivity contribution is -0.113. The molecule has 4 nitrogen and oxygen atoms in total. The van der Waals surface area contributed by atoms with Gasteiger partial charge in [-0.3, -0.25) is 4.79 Å². The number of anilines is 2. The summed E-state index contributed by atoms with van der Waals surface area (Å²) in [4.78, 5) is 14.5. The lowest BCUT2D eigenvalue weighted by Gasteiger charge is -2.17. The number of hydrogen-bond acceptors (Lipinski definition) is 5. The van der Waals surface area contributed by atoms with Gasteiger partial charge in [-0.15, -0.1) is 23.1 Å². The van der Waals surface area contributed by atoms with Crippen LogP contribution in [-0.4, -0.2) is 11.7 Å². The Balaban J connectivity index is 1.66. The summed E-state index contributed by atoms with van der Waals surface area (Å²) >= 11 is 3.02. The Morgan fingerprint density at radius 2 is 2.21 bits per heavy atom. The second-order valence-corrected chi connectivity index (χ2v) is 8.23. The molecule has 0 bridgehead atoms. The van der Waals surface area contributed by atoms with E-state index in [2.05, 4.69) is 18.3 Å². The molecule has 1 unspecified atom stereocenters. The van der Waals surface area contributed by atoms with Crippen LogP contribution in [-0.2, 0) is 17.6 Å². The van der Waals surface area contributed by atoms with Crippen LogP contribution in [0.4, 0.5) is 10.7 Å². The van der Waals surface area contributed by atoms with Crippen molar-refractivity contribution in [1.82, 2.24) is 0 Å². The van der Waals surface area contributed by atoms with Gasteiger partial charge in [0, 0.05) is 15.5 Å². The van der Waals surface area contributed by atoms with E-state index in [1.165, 1.54) is 16.6 Å². The van der Waals surface area contributed by atoms with Gasteiger partial charge in [0.2, 0.25) is 5.91 Å². The molecular formula is C18H19N3OS2. The molecule has 1 aliphatic carbocycles. The predicted octanol–water partition coefficient (Wildman–Crippen LogP) is 4.06. The molecule has 1 heterocycles. The number of nitrogens with zero attached hydrogens (tertiary/aromatic N) is 1. The summed E-state index contributed by atoms with van der Waals surface area (Å²) in [5.41, 5.74) is 8.17. The van der Waals surface area contributed by atoms with Crippen molar-refractivity contribution in [3.05, 3.63) is 40.3 Å². The number of rotatable bonds is 4. The predicted molar refractivity (Wildman–Crippen MR) is 100 cm³/mol. The number of carbonyl (C=O) groups excluding carboxylic acids is 1. The molecule has 1 aromatic heterocycles. The molecule has 0 saturated carbocycles. The van der Waals surface area contributed by atoms with Crippen molar-refractivity contribution in [2.75, 3.05) is 16.8 Å². The second-order valence-electron chi connectivity index (χ2n) is 6.07. The van der Waals surface area contributed by atoms with Gasteiger partial charge < -0.3 is 11.1 Å². The Morgan fingerprint density at radius 3 is 2.92 bits per heavy atom. The first-order valence-electron chi connectivity index (χ1n) is 7.89. The average molecular weight is 358 g/mol. The molecule has 1 aliphatic rings. The number of benzene rings is 1. The van der Waals surface area contributed by atoms with Crippen LogP contribution in [0.15, 0.2) is 29.2 Å². The quantitative estimate of drug-likeness (QED) is 0.639. The fourth-order valence-corrected chi connectivity index (χ4v) is 4.91. The van der Waals surface area contributed by atoms with Gasteiger partial charge in [0.25, 0.3) is 0 Å². The average Bonchev–Trinajstić information content (AvgIpc) is 2.90. The van der Waals surface area contributed by atoms with Crippen molar-refractivity contribution < 1.29 is 4.79 Å². The highest BCUT2D eigenvalue weighted by atomic mass is 32.2. The van der Waals surface area contributed by atoms with Gasteiger partial charge in [0.05, 0.1) is 11.3 Å². The zero-order valence-corrected chi connectivity index (χ0v) is 15.1. The molecule has 1 aromatic carbocycles. The van der Waals surface area contributed by atoms with E-state index in [-0.39, 0.29) is 5.91 Å². The molecule has 0 spiro atoms. The van der Waals surface area contributed by atoms with Gasteiger partial charge in [-0.05, 0) is 55.0 Å². The van der Waals surface area contributed by atoms with Crippen LogP contribution < -0.4 is 11.1 Å². The molecule has 0 radical (unpaired) electrons. The van der Waals surface area contributed by atoms with Gasteiger partial charge in [-0.2, -0.15) is 5.26 Å².